The summed E-state index contributed by atoms with van der Waals surface area (Å²) in [5.41, 5.74) is 0. The molecule has 0 heterocycles. The highest BCUT2D eigenvalue weighted by atomic mass is 16.5. The zero-order valence-electron chi connectivity index (χ0n) is 19.4. The lowest BCUT2D eigenvalue weighted by Crippen LogP contribution is -2.48. The molecule has 3 rings (SSSR count). The highest BCUT2D eigenvalue weighted by Gasteiger charge is 2.34. The Balaban J connectivity index is 1.40. The third kappa shape index (κ3) is 6.45. The van der Waals surface area contributed by atoms with E-state index in [1.807, 2.05) is 0 Å². The highest BCUT2D eigenvalue weighted by Crippen LogP contribution is 2.31. The summed E-state index contributed by atoms with van der Waals surface area (Å²) in [5.74, 6) is -0.450. The molecule has 3 aliphatic carbocycles. The van der Waals surface area contributed by atoms with Crippen molar-refractivity contribution in [3.63, 3.8) is 0 Å². The molecule has 0 aromatic heterocycles. The molecule has 0 bridgehead atoms. The molecule has 2 atom stereocenters. The van der Waals surface area contributed by atoms with Crippen LogP contribution in [0.5, 0.6) is 0 Å². The molecule has 8 heteroatoms. The molecule has 32 heavy (non-hydrogen) atoms. The van der Waals surface area contributed by atoms with Gasteiger partial charge in [0.25, 0.3) is 0 Å². The fourth-order valence-corrected chi connectivity index (χ4v) is 5.61. The number of hydrogen-bond donors (Lipinski definition) is 2. The Hall–Kier alpha value is -2.12. The minimum Gasteiger partial charge on any atom is -0.469 e. The second-order valence-electron chi connectivity index (χ2n) is 9.72. The van der Waals surface area contributed by atoms with Gasteiger partial charge in [-0.15, -0.1) is 0 Å². The van der Waals surface area contributed by atoms with Crippen LogP contribution in [0, 0.1) is 23.7 Å². The predicted octanol–water partition coefficient (Wildman–Crippen LogP) is 2.49. The number of methoxy groups -OCH3 is 2. The van der Waals surface area contributed by atoms with Gasteiger partial charge >= 0.3 is 11.9 Å². The lowest BCUT2D eigenvalue weighted by molar-refractivity contribution is -0.148. The summed E-state index contributed by atoms with van der Waals surface area (Å²) in [6, 6.07) is 0.157. The molecule has 0 aliphatic heterocycles. The first-order valence-electron chi connectivity index (χ1n) is 12.2. The molecule has 2 amide bonds. The molecule has 0 aromatic rings. The van der Waals surface area contributed by atoms with E-state index in [1.54, 1.807) is 0 Å². The van der Waals surface area contributed by atoms with Crippen molar-refractivity contribution in [3.8, 4) is 0 Å². The predicted molar refractivity (Wildman–Crippen MR) is 117 cm³/mol. The van der Waals surface area contributed by atoms with Gasteiger partial charge in [-0.25, -0.2) is 0 Å². The van der Waals surface area contributed by atoms with Gasteiger partial charge in [-0.2, -0.15) is 0 Å². The molecule has 2 N–H and O–H groups in total. The van der Waals surface area contributed by atoms with Crippen LogP contribution in [-0.4, -0.2) is 50.1 Å². The van der Waals surface area contributed by atoms with E-state index in [2.05, 4.69) is 10.6 Å². The zero-order valence-corrected chi connectivity index (χ0v) is 19.4. The van der Waals surface area contributed by atoms with Crippen LogP contribution in [0.4, 0.5) is 0 Å². The van der Waals surface area contributed by atoms with Crippen molar-refractivity contribution in [1.29, 1.82) is 0 Å². The maximum absolute atomic E-state index is 12.7. The Morgan fingerprint density at radius 3 is 1.25 bits per heavy atom. The minimum atomic E-state index is -0.173. The number of carbonyl (C=O) groups excluding carboxylic acids is 4. The molecule has 2 unspecified atom stereocenters. The van der Waals surface area contributed by atoms with Crippen LogP contribution in [0.3, 0.4) is 0 Å². The number of ether oxygens (including phenoxy) is 2. The molecule has 3 aliphatic rings. The molecule has 8 nitrogen and oxygen atoms in total. The van der Waals surface area contributed by atoms with Crippen LogP contribution in [0.15, 0.2) is 0 Å². The average Bonchev–Trinajstić information content (AvgIpc) is 2.83. The van der Waals surface area contributed by atoms with Crippen LogP contribution in [-0.2, 0) is 28.7 Å². The van der Waals surface area contributed by atoms with Crippen molar-refractivity contribution >= 4 is 23.8 Å². The number of hydrogen-bond acceptors (Lipinski definition) is 6. The topological polar surface area (TPSA) is 111 Å². The lowest BCUT2D eigenvalue weighted by atomic mass is 9.80. The van der Waals surface area contributed by atoms with E-state index in [1.165, 1.54) is 14.2 Å². The van der Waals surface area contributed by atoms with Crippen molar-refractivity contribution in [2.75, 3.05) is 14.2 Å². The van der Waals surface area contributed by atoms with E-state index < -0.39 is 0 Å². The summed E-state index contributed by atoms with van der Waals surface area (Å²) in [5, 5.41) is 6.39. The average molecular weight is 451 g/mol. The molecule has 3 saturated carbocycles. The first-order chi connectivity index (χ1) is 15.4. The van der Waals surface area contributed by atoms with Gasteiger partial charge in [0.15, 0.2) is 0 Å². The minimum absolute atomic E-state index is 0.0455. The summed E-state index contributed by atoms with van der Waals surface area (Å²) in [7, 11) is 2.82. The number of esters is 2. The lowest BCUT2D eigenvalue weighted by Gasteiger charge is -2.34. The Labute approximate surface area is 190 Å². The van der Waals surface area contributed by atoms with Crippen LogP contribution >= 0.6 is 0 Å². The van der Waals surface area contributed by atoms with Crippen molar-refractivity contribution < 1.29 is 28.7 Å². The van der Waals surface area contributed by atoms with E-state index in [-0.39, 0.29) is 59.5 Å². The number of amides is 2. The first kappa shape index (κ1) is 24.5. The maximum atomic E-state index is 12.7. The van der Waals surface area contributed by atoms with Gasteiger partial charge < -0.3 is 20.1 Å². The van der Waals surface area contributed by atoms with Crippen LogP contribution in [0.1, 0.15) is 77.0 Å². The molecule has 0 saturated heterocycles. The summed E-state index contributed by atoms with van der Waals surface area (Å²) in [4.78, 5) is 48.9. The van der Waals surface area contributed by atoms with Crippen molar-refractivity contribution in [2.45, 2.75) is 89.1 Å². The Morgan fingerprint density at radius 1 is 0.562 bits per heavy atom. The molecular formula is C24H38N2O6. The molecule has 0 spiro atoms. The van der Waals surface area contributed by atoms with Gasteiger partial charge in [0.1, 0.15) is 0 Å². The van der Waals surface area contributed by atoms with Crippen LogP contribution in [0.2, 0.25) is 0 Å². The smallest absolute Gasteiger partial charge is 0.308 e. The molecular weight excluding hydrogens is 412 g/mol. The summed E-state index contributed by atoms with van der Waals surface area (Å²) in [6.45, 7) is 0. The molecule has 0 aromatic carbocycles. The van der Waals surface area contributed by atoms with E-state index in [9.17, 15) is 19.2 Å². The zero-order chi connectivity index (χ0) is 23.1. The van der Waals surface area contributed by atoms with Crippen molar-refractivity contribution in [2.24, 2.45) is 23.7 Å². The fourth-order valence-electron chi connectivity index (χ4n) is 5.61. The second-order valence-corrected chi connectivity index (χ2v) is 9.72. The van der Waals surface area contributed by atoms with E-state index in [0.29, 0.717) is 51.4 Å². The third-order valence-electron chi connectivity index (χ3n) is 7.63. The Kier molecular flexibility index (Phi) is 8.93. The van der Waals surface area contributed by atoms with Crippen molar-refractivity contribution in [1.82, 2.24) is 10.6 Å². The van der Waals surface area contributed by atoms with Crippen LogP contribution in [0.25, 0.3) is 0 Å². The molecule has 0 radical (unpaired) electrons. The normalized spacial score (nSPS) is 32.9. The SMILES string of the molecule is COC(=O)C1CCC(C(=O)NC2CCCC(NC(=O)C3CCC(C(=O)OC)CC3)C2)CC1. The third-order valence-corrected chi connectivity index (χ3v) is 7.63. The number of rotatable bonds is 6. The highest BCUT2D eigenvalue weighted by molar-refractivity contribution is 5.80. The van der Waals surface area contributed by atoms with Gasteiger partial charge in [0.05, 0.1) is 26.1 Å². The standard InChI is InChI=1S/C24H38N2O6/c1-31-23(29)17-10-6-15(7-11-17)21(27)25-19-4-3-5-20(14-19)26-22(28)16-8-12-18(13-9-16)24(30)32-2/h15-20H,3-14H2,1-2H3,(H,25,27)(H,26,28). The summed E-state index contributed by atoms with van der Waals surface area (Å²) < 4.78 is 9.64. The summed E-state index contributed by atoms with van der Waals surface area (Å²) >= 11 is 0. The monoisotopic (exact) mass is 450 g/mol. The van der Waals surface area contributed by atoms with Crippen LogP contribution < -0.4 is 10.6 Å². The van der Waals surface area contributed by atoms with Gasteiger partial charge in [-0.1, -0.05) is 0 Å². The number of carbonyl (C=O) groups is 4. The van der Waals surface area contributed by atoms with Crippen molar-refractivity contribution in [3.05, 3.63) is 0 Å². The van der Waals surface area contributed by atoms with E-state index in [4.69, 9.17) is 9.47 Å². The van der Waals surface area contributed by atoms with Gasteiger partial charge in [0, 0.05) is 23.9 Å². The molecule has 180 valence electrons. The number of nitrogens with one attached hydrogen (secondary N) is 2. The second kappa shape index (κ2) is 11.7. The quantitative estimate of drug-likeness (QED) is 0.602. The maximum Gasteiger partial charge on any atom is 0.308 e. The fraction of sp³-hybridized carbons (Fsp3) is 0.833. The largest absolute Gasteiger partial charge is 0.469 e. The van der Waals surface area contributed by atoms with E-state index in [0.717, 1.165) is 25.7 Å². The molecule has 3 fully saturated rings. The van der Waals surface area contributed by atoms with Gasteiger partial charge in [-0.3, -0.25) is 19.2 Å². The Bertz CT molecular complexity index is 624. The summed E-state index contributed by atoms with van der Waals surface area (Å²) in [6.07, 6.45) is 9.25. The van der Waals surface area contributed by atoms with E-state index >= 15 is 0 Å². The van der Waals surface area contributed by atoms with Gasteiger partial charge in [0.2, 0.25) is 11.8 Å². The Morgan fingerprint density at radius 2 is 0.906 bits per heavy atom. The first-order valence-corrected chi connectivity index (χ1v) is 12.2. The van der Waals surface area contributed by atoms with Gasteiger partial charge in [-0.05, 0) is 77.0 Å².